The standard InChI is InChI=1S/C31H38BrN3O5S/c1-6-40-28-14-12-27(13-15-28)35(41(38,39)29-16-10-23(4)11-17-29)21-30(36)34(20-25-8-7-9-26(32)18-25)24(5)31(37)33-19-22(2)3/h7-18,22,24H,6,19-21H2,1-5H3,(H,33,37)/t24-/m1/s1. The summed E-state index contributed by atoms with van der Waals surface area (Å²) in [5.41, 5.74) is 2.01. The van der Waals surface area contributed by atoms with Gasteiger partial charge in [0.15, 0.2) is 0 Å². The number of carbonyl (C=O) groups excluding carboxylic acids is 2. The van der Waals surface area contributed by atoms with Crippen LogP contribution in [0.1, 0.15) is 38.8 Å². The van der Waals surface area contributed by atoms with Crippen molar-refractivity contribution in [1.29, 1.82) is 0 Å². The molecule has 0 aliphatic heterocycles. The molecule has 3 aromatic rings. The maximum Gasteiger partial charge on any atom is 0.264 e. The first-order valence-electron chi connectivity index (χ1n) is 13.6. The van der Waals surface area contributed by atoms with Gasteiger partial charge in [0, 0.05) is 17.6 Å². The third-order valence-electron chi connectivity index (χ3n) is 6.42. The molecule has 3 rings (SSSR count). The summed E-state index contributed by atoms with van der Waals surface area (Å²) in [6, 6.07) is 19.6. The second kappa shape index (κ2) is 14.5. The minimum atomic E-state index is -4.13. The molecule has 0 aliphatic rings. The Morgan fingerprint density at radius 1 is 0.976 bits per heavy atom. The van der Waals surface area contributed by atoms with Gasteiger partial charge in [0.1, 0.15) is 18.3 Å². The van der Waals surface area contributed by atoms with E-state index in [-0.39, 0.29) is 23.3 Å². The zero-order chi connectivity index (χ0) is 30.2. The Bertz CT molecular complexity index is 1430. The van der Waals surface area contributed by atoms with Crippen molar-refractivity contribution < 1.29 is 22.7 Å². The van der Waals surface area contributed by atoms with E-state index in [1.54, 1.807) is 43.3 Å². The van der Waals surface area contributed by atoms with Crippen LogP contribution >= 0.6 is 15.9 Å². The molecular weight excluding hydrogens is 606 g/mol. The molecule has 0 saturated carbocycles. The highest BCUT2D eigenvalue weighted by atomic mass is 79.9. The quantitative estimate of drug-likeness (QED) is 0.264. The zero-order valence-electron chi connectivity index (χ0n) is 24.1. The van der Waals surface area contributed by atoms with Gasteiger partial charge in [0.2, 0.25) is 11.8 Å². The van der Waals surface area contributed by atoms with Gasteiger partial charge in [-0.2, -0.15) is 0 Å². The fraction of sp³-hybridized carbons (Fsp3) is 0.355. The van der Waals surface area contributed by atoms with Gasteiger partial charge in [0.05, 0.1) is 17.2 Å². The first-order valence-corrected chi connectivity index (χ1v) is 15.8. The van der Waals surface area contributed by atoms with Gasteiger partial charge in [0.25, 0.3) is 10.0 Å². The molecule has 0 radical (unpaired) electrons. The molecule has 0 aliphatic carbocycles. The van der Waals surface area contributed by atoms with E-state index in [1.807, 2.05) is 52.0 Å². The van der Waals surface area contributed by atoms with Gasteiger partial charge in [-0.15, -0.1) is 0 Å². The van der Waals surface area contributed by atoms with Crippen molar-refractivity contribution in [1.82, 2.24) is 10.2 Å². The lowest BCUT2D eigenvalue weighted by atomic mass is 10.1. The van der Waals surface area contributed by atoms with E-state index in [1.165, 1.54) is 17.0 Å². The highest BCUT2D eigenvalue weighted by Gasteiger charge is 2.32. The molecule has 0 spiro atoms. The summed E-state index contributed by atoms with van der Waals surface area (Å²) in [4.78, 5) is 28.6. The number of benzene rings is 3. The number of halogens is 1. The van der Waals surface area contributed by atoms with Crippen LogP contribution in [-0.2, 0) is 26.2 Å². The van der Waals surface area contributed by atoms with Crippen molar-refractivity contribution in [2.45, 2.75) is 52.1 Å². The van der Waals surface area contributed by atoms with Gasteiger partial charge in [-0.1, -0.05) is 59.6 Å². The lowest BCUT2D eigenvalue weighted by molar-refractivity contribution is -0.139. The lowest BCUT2D eigenvalue weighted by Gasteiger charge is -2.32. The average Bonchev–Trinajstić information content (AvgIpc) is 2.93. The normalized spacial score (nSPS) is 12.1. The van der Waals surface area contributed by atoms with Crippen LogP contribution < -0.4 is 14.4 Å². The van der Waals surface area contributed by atoms with Crippen molar-refractivity contribution in [3.63, 3.8) is 0 Å². The number of rotatable bonds is 13. The fourth-order valence-electron chi connectivity index (χ4n) is 4.11. The number of hydrogen-bond acceptors (Lipinski definition) is 5. The largest absolute Gasteiger partial charge is 0.494 e. The van der Waals surface area contributed by atoms with Crippen LogP contribution in [0.5, 0.6) is 5.75 Å². The predicted octanol–water partition coefficient (Wildman–Crippen LogP) is 5.54. The maximum absolute atomic E-state index is 14.0. The SMILES string of the molecule is CCOc1ccc(N(CC(=O)N(Cc2cccc(Br)c2)[C@H](C)C(=O)NCC(C)C)S(=O)(=O)c2ccc(C)cc2)cc1. The number of hydrogen-bond donors (Lipinski definition) is 1. The molecule has 0 bridgehead atoms. The van der Waals surface area contributed by atoms with Crippen LogP contribution in [-0.4, -0.2) is 50.9 Å². The van der Waals surface area contributed by atoms with E-state index >= 15 is 0 Å². The Balaban J connectivity index is 2.02. The molecule has 41 heavy (non-hydrogen) atoms. The minimum Gasteiger partial charge on any atom is -0.494 e. The molecule has 0 unspecified atom stereocenters. The maximum atomic E-state index is 14.0. The number of ether oxygens (including phenoxy) is 1. The Morgan fingerprint density at radius 2 is 1.63 bits per heavy atom. The molecule has 0 heterocycles. The van der Waals surface area contributed by atoms with E-state index in [9.17, 15) is 18.0 Å². The molecule has 220 valence electrons. The van der Waals surface area contributed by atoms with Crippen molar-refractivity contribution in [2.24, 2.45) is 5.92 Å². The highest BCUT2D eigenvalue weighted by molar-refractivity contribution is 9.10. The van der Waals surface area contributed by atoms with Crippen LogP contribution in [0, 0.1) is 12.8 Å². The number of anilines is 1. The third-order valence-corrected chi connectivity index (χ3v) is 8.70. The molecule has 1 atom stereocenters. The van der Waals surface area contributed by atoms with E-state index in [2.05, 4.69) is 21.2 Å². The van der Waals surface area contributed by atoms with Gasteiger partial charge in [-0.05, 0) is 80.8 Å². The smallest absolute Gasteiger partial charge is 0.264 e. The molecular formula is C31H38BrN3O5S. The first-order chi connectivity index (χ1) is 19.4. The Hall–Kier alpha value is -3.37. The molecule has 1 N–H and O–H groups in total. The Kier molecular flexibility index (Phi) is 11.4. The summed E-state index contributed by atoms with van der Waals surface area (Å²) >= 11 is 3.46. The number of amides is 2. The van der Waals surface area contributed by atoms with Crippen LogP contribution in [0.2, 0.25) is 0 Å². The minimum absolute atomic E-state index is 0.0612. The first kappa shape index (κ1) is 32.1. The number of aryl methyl sites for hydroxylation is 1. The molecule has 0 aromatic heterocycles. The summed E-state index contributed by atoms with van der Waals surface area (Å²) in [5, 5.41) is 2.89. The Labute approximate surface area is 251 Å². The van der Waals surface area contributed by atoms with Crippen LogP contribution in [0.25, 0.3) is 0 Å². The predicted molar refractivity (Wildman–Crippen MR) is 165 cm³/mol. The fourth-order valence-corrected chi connectivity index (χ4v) is 5.97. The zero-order valence-corrected chi connectivity index (χ0v) is 26.5. The summed E-state index contributed by atoms with van der Waals surface area (Å²) < 4.78 is 35.3. The molecule has 10 heteroatoms. The van der Waals surface area contributed by atoms with E-state index in [0.717, 1.165) is 19.9 Å². The third kappa shape index (κ3) is 8.81. The summed E-state index contributed by atoms with van der Waals surface area (Å²) in [5.74, 6) is -0.00466. The van der Waals surface area contributed by atoms with Crippen molar-refractivity contribution >= 4 is 43.5 Å². The van der Waals surface area contributed by atoms with Gasteiger partial charge in [-0.3, -0.25) is 13.9 Å². The topological polar surface area (TPSA) is 96.0 Å². The number of carbonyl (C=O) groups is 2. The molecule has 0 fully saturated rings. The van der Waals surface area contributed by atoms with Crippen molar-refractivity contribution in [3.8, 4) is 5.75 Å². The second-order valence-electron chi connectivity index (χ2n) is 10.2. The average molecular weight is 645 g/mol. The van der Waals surface area contributed by atoms with Crippen LogP contribution in [0.3, 0.4) is 0 Å². The van der Waals surface area contributed by atoms with E-state index in [4.69, 9.17) is 4.74 Å². The van der Waals surface area contributed by atoms with Crippen LogP contribution in [0.15, 0.2) is 82.2 Å². The highest BCUT2D eigenvalue weighted by Crippen LogP contribution is 2.27. The van der Waals surface area contributed by atoms with Gasteiger partial charge < -0.3 is 15.0 Å². The number of nitrogens with zero attached hydrogens (tertiary/aromatic N) is 2. The van der Waals surface area contributed by atoms with Gasteiger partial charge >= 0.3 is 0 Å². The lowest BCUT2D eigenvalue weighted by Crippen LogP contribution is -2.51. The summed E-state index contributed by atoms with van der Waals surface area (Å²) in [6.07, 6.45) is 0. The van der Waals surface area contributed by atoms with Crippen molar-refractivity contribution in [3.05, 3.63) is 88.4 Å². The molecule has 8 nitrogen and oxygen atoms in total. The number of nitrogens with one attached hydrogen (secondary N) is 1. The Morgan fingerprint density at radius 3 is 2.22 bits per heavy atom. The van der Waals surface area contributed by atoms with Crippen molar-refractivity contribution in [2.75, 3.05) is 24.0 Å². The molecule has 2 amide bonds. The second-order valence-corrected chi connectivity index (χ2v) is 13.0. The monoisotopic (exact) mass is 643 g/mol. The molecule has 3 aromatic carbocycles. The van der Waals surface area contributed by atoms with E-state index < -0.39 is 28.5 Å². The van der Waals surface area contributed by atoms with Crippen LogP contribution in [0.4, 0.5) is 5.69 Å². The summed E-state index contributed by atoms with van der Waals surface area (Å²) in [6.45, 7) is 9.90. The summed E-state index contributed by atoms with van der Waals surface area (Å²) in [7, 11) is -4.13. The molecule has 0 saturated heterocycles. The van der Waals surface area contributed by atoms with Gasteiger partial charge in [-0.25, -0.2) is 8.42 Å². The van der Waals surface area contributed by atoms with E-state index in [0.29, 0.717) is 24.6 Å². The number of sulfonamides is 1.